The molecular weight excluding hydrogens is 210 g/mol. The van der Waals surface area contributed by atoms with Crippen LogP contribution in [-0.4, -0.2) is 50.6 Å². The van der Waals surface area contributed by atoms with Crippen LogP contribution >= 0.6 is 0 Å². The van der Waals surface area contributed by atoms with Gasteiger partial charge in [-0.1, -0.05) is 0 Å². The highest BCUT2D eigenvalue weighted by Crippen LogP contribution is 2.06. The van der Waals surface area contributed by atoms with E-state index in [9.17, 15) is 0 Å². The van der Waals surface area contributed by atoms with Crippen LogP contribution in [0.2, 0.25) is 0 Å². The minimum Gasteiger partial charge on any atom is -0.481 e. The number of hydrogen-bond acceptors (Lipinski definition) is 6. The van der Waals surface area contributed by atoms with E-state index in [-0.39, 0.29) is 0 Å². The molecule has 16 heavy (non-hydrogen) atoms. The van der Waals surface area contributed by atoms with Crippen molar-refractivity contribution >= 4 is 5.95 Å². The van der Waals surface area contributed by atoms with Crippen LogP contribution in [0.4, 0.5) is 5.95 Å². The number of ether oxygens (including phenoxy) is 3. The molecule has 0 saturated carbocycles. The molecule has 90 valence electrons. The molecular formula is C10H17N3O3. The molecule has 0 bridgehead atoms. The summed E-state index contributed by atoms with van der Waals surface area (Å²) >= 11 is 0. The van der Waals surface area contributed by atoms with Gasteiger partial charge in [0.2, 0.25) is 11.8 Å². The van der Waals surface area contributed by atoms with Crippen molar-refractivity contribution in [2.45, 2.75) is 0 Å². The molecule has 0 saturated heterocycles. The molecule has 0 amide bonds. The van der Waals surface area contributed by atoms with E-state index in [4.69, 9.17) is 14.2 Å². The Hall–Kier alpha value is -1.40. The predicted octanol–water partition coefficient (Wildman–Crippen LogP) is 0.560. The maximum absolute atomic E-state index is 5.28. The number of aromatic nitrogens is 2. The van der Waals surface area contributed by atoms with E-state index in [1.165, 1.54) is 0 Å². The molecule has 0 radical (unpaired) electrons. The average Bonchev–Trinajstić information content (AvgIpc) is 2.34. The van der Waals surface area contributed by atoms with Crippen molar-refractivity contribution in [3.05, 3.63) is 12.3 Å². The van der Waals surface area contributed by atoms with Crippen molar-refractivity contribution < 1.29 is 14.2 Å². The molecule has 1 N–H and O–H groups in total. The number of methoxy groups -OCH3 is 2. The molecule has 6 nitrogen and oxygen atoms in total. The summed E-state index contributed by atoms with van der Waals surface area (Å²) < 4.78 is 15.1. The lowest BCUT2D eigenvalue weighted by Crippen LogP contribution is -2.13. The lowest BCUT2D eigenvalue weighted by atomic mass is 10.6. The van der Waals surface area contributed by atoms with Gasteiger partial charge in [0.1, 0.15) is 0 Å². The summed E-state index contributed by atoms with van der Waals surface area (Å²) in [5.74, 6) is 1.08. The first kappa shape index (κ1) is 12.7. The molecule has 0 aromatic carbocycles. The Morgan fingerprint density at radius 2 is 2.12 bits per heavy atom. The van der Waals surface area contributed by atoms with Crippen LogP contribution in [0.3, 0.4) is 0 Å². The average molecular weight is 227 g/mol. The van der Waals surface area contributed by atoms with Gasteiger partial charge in [-0.15, -0.1) is 0 Å². The van der Waals surface area contributed by atoms with Crippen LogP contribution in [0.15, 0.2) is 12.3 Å². The van der Waals surface area contributed by atoms with E-state index in [0.29, 0.717) is 38.2 Å². The summed E-state index contributed by atoms with van der Waals surface area (Å²) in [5.41, 5.74) is 0. The van der Waals surface area contributed by atoms with E-state index < -0.39 is 0 Å². The molecule has 0 atom stereocenters. The normalized spacial score (nSPS) is 10.1. The first-order valence-electron chi connectivity index (χ1n) is 5.04. The van der Waals surface area contributed by atoms with Gasteiger partial charge in [0.15, 0.2) is 0 Å². The highest BCUT2D eigenvalue weighted by Gasteiger charge is 1.97. The van der Waals surface area contributed by atoms with E-state index in [1.54, 1.807) is 26.5 Å². The first-order chi connectivity index (χ1) is 7.86. The number of nitrogens with one attached hydrogen (secondary N) is 1. The van der Waals surface area contributed by atoms with E-state index >= 15 is 0 Å². The van der Waals surface area contributed by atoms with Gasteiger partial charge in [0.25, 0.3) is 0 Å². The number of hydrogen-bond donors (Lipinski definition) is 1. The van der Waals surface area contributed by atoms with Gasteiger partial charge < -0.3 is 19.5 Å². The van der Waals surface area contributed by atoms with Crippen LogP contribution in [0, 0.1) is 0 Å². The molecule has 0 spiro atoms. The van der Waals surface area contributed by atoms with Gasteiger partial charge >= 0.3 is 0 Å². The Kier molecular flexibility index (Phi) is 6.20. The highest BCUT2D eigenvalue weighted by molar-refractivity contribution is 5.26. The molecule has 0 aliphatic carbocycles. The fraction of sp³-hybridized carbons (Fsp3) is 0.600. The second-order valence-electron chi connectivity index (χ2n) is 2.95. The summed E-state index contributed by atoms with van der Waals surface area (Å²) in [6.07, 6.45) is 1.64. The molecule has 1 aromatic heterocycles. The predicted molar refractivity (Wildman–Crippen MR) is 59.8 cm³/mol. The van der Waals surface area contributed by atoms with Gasteiger partial charge in [0, 0.05) is 25.9 Å². The van der Waals surface area contributed by atoms with Crippen molar-refractivity contribution in [2.75, 3.05) is 45.9 Å². The lowest BCUT2D eigenvalue weighted by molar-refractivity contribution is 0.0759. The number of nitrogens with zero attached hydrogens (tertiary/aromatic N) is 2. The fourth-order valence-electron chi connectivity index (χ4n) is 1.02. The SMILES string of the molecule is COCCOCCNc1nccc(OC)n1. The third-order valence-corrected chi connectivity index (χ3v) is 1.80. The zero-order chi connectivity index (χ0) is 11.6. The first-order valence-corrected chi connectivity index (χ1v) is 5.04. The Labute approximate surface area is 95.0 Å². The van der Waals surface area contributed by atoms with E-state index in [2.05, 4.69) is 15.3 Å². The minimum atomic E-state index is 0.537. The minimum absolute atomic E-state index is 0.537. The molecule has 0 aliphatic rings. The largest absolute Gasteiger partial charge is 0.481 e. The maximum Gasteiger partial charge on any atom is 0.226 e. The van der Waals surface area contributed by atoms with Crippen LogP contribution in [0.1, 0.15) is 0 Å². The van der Waals surface area contributed by atoms with Gasteiger partial charge in [-0.05, 0) is 0 Å². The van der Waals surface area contributed by atoms with Gasteiger partial charge in [-0.25, -0.2) is 4.98 Å². The molecule has 0 aliphatic heterocycles. The molecule has 1 heterocycles. The Morgan fingerprint density at radius 3 is 2.88 bits per heavy atom. The zero-order valence-corrected chi connectivity index (χ0v) is 9.60. The van der Waals surface area contributed by atoms with Gasteiger partial charge in [0.05, 0.1) is 26.9 Å². The van der Waals surface area contributed by atoms with Crippen molar-refractivity contribution in [3.63, 3.8) is 0 Å². The number of rotatable bonds is 8. The van der Waals surface area contributed by atoms with Gasteiger partial charge in [-0.3, -0.25) is 0 Å². The summed E-state index contributed by atoms with van der Waals surface area (Å²) in [6.45, 7) is 2.44. The molecule has 1 rings (SSSR count). The van der Waals surface area contributed by atoms with E-state index in [1.807, 2.05) is 0 Å². The van der Waals surface area contributed by atoms with Gasteiger partial charge in [-0.2, -0.15) is 4.98 Å². The second kappa shape index (κ2) is 7.84. The quantitative estimate of drug-likeness (QED) is 0.655. The van der Waals surface area contributed by atoms with Crippen molar-refractivity contribution in [3.8, 4) is 5.88 Å². The second-order valence-corrected chi connectivity index (χ2v) is 2.95. The standard InChI is InChI=1S/C10H17N3O3/c1-14-7-8-16-6-5-12-10-11-4-3-9(13-10)15-2/h3-4H,5-8H2,1-2H3,(H,11,12,13). The molecule has 0 unspecified atom stereocenters. The third kappa shape index (κ3) is 4.90. The molecule has 1 aromatic rings. The van der Waals surface area contributed by atoms with E-state index in [0.717, 1.165) is 0 Å². The van der Waals surface area contributed by atoms with Crippen LogP contribution in [-0.2, 0) is 9.47 Å². The number of anilines is 1. The molecule has 6 heteroatoms. The monoisotopic (exact) mass is 227 g/mol. The smallest absolute Gasteiger partial charge is 0.226 e. The van der Waals surface area contributed by atoms with Crippen LogP contribution in [0.25, 0.3) is 0 Å². The third-order valence-electron chi connectivity index (χ3n) is 1.80. The summed E-state index contributed by atoms with van der Waals surface area (Å²) in [4.78, 5) is 8.14. The topological polar surface area (TPSA) is 65.5 Å². The summed E-state index contributed by atoms with van der Waals surface area (Å²) in [7, 11) is 3.21. The van der Waals surface area contributed by atoms with Crippen molar-refractivity contribution in [1.29, 1.82) is 0 Å². The fourth-order valence-corrected chi connectivity index (χ4v) is 1.02. The Balaban J connectivity index is 2.16. The van der Waals surface area contributed by atoms with Crippen LogP contribution < -0.4 is 10.1 Å². The maximum atomic E-state index is 5.28. The zero-order valence-electron chi connectivity index (χ0n) is 9.60. The summed E-state index contributed by atoms with van der Waals surface area (Å²) in [6, 6.07) is 1.69. The Bertz CT molecular complexity index is 296. The van der Waals surface area contributed by atoms with Crippen molar-refractivity contribution in [2.24, 2.45) is 0 Å². The lowest BCUT2D eigenvalue weighted by Gasteiger charge is -2.06. The Morgan fingerprint density at radius 1 is 1.25 bits per heavy atom. The molecule has 0 fully saturated rings. The highest BCUT2D eigenvalue weighted by atomic mass is 16.5. The summed E-state index contributed by atoms with van der Waals surface area (Å²) in [5, 5.41) is 3.03. The van der Waals surface area contributed by atoms with Crippen LogP contribution in [0.5, 0.6) is 5.88 Å². The van der Waals surface area contributed by atoms with Crippen molar-refractivity contribution in [1.82, 2.24) is 9.97 Å².